The molecule has 1 amide bonds. The summed E-state index contributed by atoms with van der Waals surface area (Å²) in [6.07, 6.45) is 3.34. The fourth-order valence-electron chi connectivity index (χ4n) is 1.99. The van der Waals surface area contributed by atoms with Crippen LogP contribution in [-0.4, -0.2) is 15.7 Å². The highest BCUT2D eigenvalue weighted by atomic mass is 16.5. The summed E-state index contributed by atoms with van der Waals surface area (Å²) in [5, 5.41) is 6.79. The fraction of sp³-hybridized carbons (Fsp3) is 0.0588. The Balaban J connectivity index is 1.67. The Kier molecular flexibility index (Phi) is 3.87. The minimum Gasteiger partial charge on any atom is -0.457 e. The number of aromatic nitrogens is 2. The molecule has 0 radical (unpaired) electrons. The van der Waals surface area contributed by atoms with Crippen molar-refractivity contribution in [3.8, 4) is 11.5 Å². The largest absolute Gasteiger partial charge is 0.457 e. The molecule has 22 heavy (non-hydrogen) atoms. The van der Waals surface area contributed by atoms with Crippen LogP contribution in [0, 0.1) is 0 Å². The molecule has 0 saturated carbocycles. The molecule has 0 aliphatic heterocycles. The van der Waals surface area contributed by atoms with E-state index in [-0.39, 0.29) is 5.91 Å². The third-order valence-electron chi connectivity index (χ3n) is 3.06. The summed E-state index contributed by atoms with van der Waals surface area (Å²) in [5.74, 6) is 1.26. The highest BCUT2D eigenvalue weighted by Gasteiger charge is 2.07. The molecular formula is C17H15N3O2. The lowest BCUT2D eigenvalue weighted by molar-refractivity contribution is 0.102. The maximum absolute atomic E-state index is 12.1. The molecule has 0 unspecified atom stereocenters. The van der Waals surface area contributed by atoms with Crippen molar-refractivity contribution in [1.29, 1.82) is 0 Å². The Morgan fingerprint density at radius 3 is 2.36 bits per heavy atom. The summed E-state index contributed by atoms with van der Waals surface area (Å²) >= 11 is 0. The molecule has 1 N–H and O–H groups in total. The van der Waals surface area contributed by atoms with Crippen LogP contribution in [0.5, 0.6) is 11.5 Å². The van der Waals surface area contributed by atoms with Crippen LogP contribution in [0.4, 0.5) is 5.69 Å². The molecule has 5 nitrogen and oxygen atoms in total. The van der Waals surface area contributed by atoms with Gasteiger partial charge in [0.15, 0.2) is 0 Å². The first-order valence-corrected chi connectivity index (χ1v) is 6.84. The van der Waals surface area contributed by atoms with Crippen molar-refractivity contribution in [1.82, 2.24) is 9.78 Å². The molecule has 1 heterocycles. The number of hydrogen-bond donors (Lipinski definition) is 1. The Labute approximate surface area is 128 Å². The van der Waals surface area contributed by atoms with E-state index >= 15 is 0 Å². The predicted octanol–water partition coefficient (Wildman–Crippen LogP) is 3.46. The summed E-state index contributed by atoms with van der Waals surface area (Å²) < 4.78 is 7.32. The van der Waals surface area contributed by atoms with Gasteiger partial charge in [0.05, 0.1) is 11.9 Å². The van der Waals surface area contributed by atoms with Crippen molar-refractivity contribution in [2.24, 2.45) is 7.05 Å². The first-order valence-electron chi connectivity index (χ1n) is 6.84. The van der Waals surface area contributed by atoms with Crippen molar-refractivity contribution in [2.45, 2.75) is 0 Å². The van der Waals surface area contributed by atoms with Crippen LogP contribution < -0.4 is 10.1 Å². The highest BCUT2D eigenvalue weighted by molar-refractivity contribution is 6.04. The summed E-state index contributed by atoms with van der Waals surface area (Å²) in [4.78, 5) is 12.1. The third-order valence-corrected chi connectivity index (χ3v) is 3.06. The van der Waals surface area contributed by atoms with Gasteiger partial charge >= 0.3 is 0 Å². The molecule has 0 atom stereocenters. The van der Waals surface area contributed by atoms with E-state index in [1.54, 1.807) is 48.4 Å². The van der Waals surface area contributed by atoms with Gasteiger partial charge in [-0.05, 0) is 36.4 Å². The second-order valence-electron chi connectivity index (χ2n) is 4.80. The van der Waals surface area contributed by atoms with Gasteiger partial charge in [-0.15, -0.1) is 0 Å². The van der Waals surface area contributed by atoms with Gasteiger partial charge in [-0.2, -0.15) is 5.10 Å². The zero-order chi connectivity index (χ0) is 15.4. The van der Waals surface area contributed by atoms with Gasteiger partial charge in [0.25, 0.3) is 5.91 Å². The zero-order valence-electron chi connectivity index (χ0n) is 12.1. The Bertz CT molecular complexity index is 764. The number of carbonyl (C=O) groups is 1. The summed E-state index contributed by atoms with van der Waals surface area (Å²) in [5.41, 5.74) is 1.22. The zero-order valence-corrected chi connectivity index (χ0v) is 12.1. The number of hydrogen-bond acceptors (Lipinski definition) is 3. The first kappa shape index (κ1) is 13.9. The van der Waals surface area contributed by atoms with Crippen molar-refractivity contribution in [3.05, 3.63) is 72.6 Å². The van der Waals surface area contributed by atoms with E-state index in [1.165, 1.54) is 0 Å². The summed E-state index contributed by atoms with van der Waals surface area (Å²) in [6.45, 7) is 0. The van der Waals surface area contributed by atoms with Gasteiger partial charge in [0, 0.05) is 18.8 Å². The maximum atomic E-state index is 12.1. The van der Waals surface area contributed by atoms with Crippen LogP contribution in [0.25, 0.3) is 0 Å². The molecule has 0 bridgehead atoms. The van der Waals surface area contributed by atoms with Crippen LogP contribution in [0.2, 0.25) is 0 Å². The molecule has 3 rings (SSSR count). The molecule has 0 saturated heterocycles. The number of benzene rings is 2. The molecule has 0 aliphatic carbocycles. The lowest BCUT2D eigenvalue weighted by atomic mass is 10.2. The molecule has 0 aliphatic rings. The average molecular weight is 293 g/mol. The molecule has 0 fully saturated rings. The number of anilines is 1. The van der Waals surface area contributed by atoms with Gasteiger partial charge in [-0.1, -0.05) is 18.2 Å². The third kappa shape index (κ3) is 3.32. The number of para-hydroxylation sites is 1. The van der Waals surface area contributed by atoms with E-state index in [0.29, 0.717) is 17.0 Å². The smallest absolute Gasteiger partial charge is 0.255 e. The first-order chi connectivity index (χ1) is 10.7. The van der Waals surface area contributed by atoms with E-state index < -0.39 is 0 Å². The molecule has 110 valence electrons. The second kappa shape index (κ2) is 6.13. The van der Waals surface area contributed by atoms with Crippen LogP contribution in [0.15, 0.2) is 67.0 Å². The molecule has 1 aromatic heterocycles. The molecule has 2 aromatic carbocycles. The number of aryl methyl sites for hydroxylation is 1. The monoisotopic (exact) mass is 293 g/mol. The molecule has 0 spiro atoms. The average Bonchev–Trinajstić information content (AvgIpc) is 2.94. The van der Waals surface area contributed by atoms with E-state index in [0.717, 1.165) is 5.75 Å². The lowest BCUT2D eigenvalue weighted by Crippen LogP contribution is -2.11. The van der Waals surface area contributed by atoms with E-state index in [1.807, 2.05) is 30.3 Å². The summed E-state index contributed by atoms with van der Waals surface area (Å²) in [7, 11) is 1.80. The topological polar surface area (TPSA) is 56.2 Å². The number of rotatable bonds is 4. The van der Waals surface area contributed by atoms with Gasteiger partial charge in [0.1, 0.15) is 11.5 Å². The summed E-state index contributed by atoms with van der Waals surface area (Å²) in [6, 6.07) is 16.5. The number of ether oxygens (including phenoxy) is 1. The highest BCUT2D eigenvalue weighted by Crippen LogP contribution is 2.21. The van der Waals surface area contributed by atoms with Gasteiger partial charge in [-0.25, -0.2) is 0 Å². The normalized spacial score (nSPS) is 10.2. The van der Waals surface area contributed by atoms with Crippen molar-refractivity contribution < 1.29 is 9.53 Å². The minimum absolute atomic E-state index is 0.181. The second-order valence-corrected chi connectivity index (χ2v) is 4.80. The van der Waals surface area contributed by atoms with E-state index in [9.17, 15) is 4.79 Å². The number of nitrogens with zero attached hydrogens (tertiary/aromatic N) is 2. The van der Waals surface area contributed by atoms with E-state index in [4.69, 9.17) is 4.74 Å². The predicted molar refractivity (Wildman–Crippen MR) is 84.1 cm³/mol. The van der Waals surface area contributed by atoms with Crippen LogP contribution in [0.1, 0.15) is 10.4 Å². The Hall–Kier alpha value is -3.08. The van der Waals surface area contributed by atoms with Crippen molar-refractivity contribution in [2.75, 3.05) is 5.32 Å². The van der Waals surface area contributed by atoms with Gasteiger partial charge in [0.2, 0.25) is 0 Å². The van der Waals surface area contributed by atoms with Crippen LogP contribution >= 0.6 is 0 Å². The van der Waals surface area contributed by atoms with Gasteiger partial charge in [-0.3, -0.25) is 9.48 Å². The standard InChI is InChI=1S/C17H15N3O2/c1-20-12-14(11-18-20)19-17(21)13-7-9-16(10-8-13)22-15-5-3-2-4-6-15/h2-12H,1H3,(H,19,21). The Morgan fingerprint density at radius 2 is 1.73 bits per heavy atom. The number of nitrogens with one attached hydrogen (secondary N) is 1. The Morgan fingerprint density at radius 1 is 1.05 bits per heavy atom. The fourth-order valence-corrected chi connectivity index (χ4v) is 1.99. The van der Waals surface area contributed by atoms with Crippen molar-refractivity contribution >= 4 is 11.6 Å². The quantitative estimate of drug-likeness (QED) is 0.801. The van der Waals surface area contributed by atoms with Crippen LogP contribution in [0.3, 0.4) is 0 Å². The SMILES string of the molecule is Cn1cc(NC(=O)c2ccc(Oc3ccccc3)cc2)cn1. The number of carbonyl (C=O) groups excluding carboxylic acids is 1. The van der Waals surface area contributed by atoms with Crippen LogP contribution in [-0.2, 0) is 7.05 Å². The molecule has 3 aromatic rings. The molecule has 5 heteroatoms. The maximum Gasteiger partial charge on any atom is 0.255 e. The molecular weight excluding hydrogens is 278 g/mol. The lowest BCUT2D eigenvalue weighted by Gasteiger charge is -2.06. The minimum atomic E-state index is -0.181. The van der Waals surface area contributed by atoms with E-state index in [2.05, 4.69) is 10.4 Å². The van der Waals surface area contributed by atoms with Gasteiger partial charge < -0.3 is 10.1 Å². The van der Waals surface area contributed by atoms with Crippen molar-refractivity contribution in [3.63, 3.8) is 0 Å². The number of amides is 1.